The van der Waals surface area contributed by atoms with Gasteiger partial charge in [-0.05, 0) is 11.6 Å². The van der Waals surface area contributed by atoms with Crippen LogP contribution < -0.4 is 4.57 Å². The fourth-order valence-electron chi connectivity index (χ4n) is 3.90. The second-order valence-corrected chi connectivity index (χ2v) is 6.00. The number of rotatable bonds is 1. The molecule has 1 aliphatic heterocycles. The molecule has 1 aromatic carbocycles. The van der Waals surface area contributed by atoms with E-state index in [0.29, 0.717) is 6.04 Å². The van der Waals surface area contributed by atoms with Crippen LogP contribution in [0.5, 0.6) is 0 Å². The zero-order valence-corrected chi connectivity index (χ0v) is 11.2. The molecule has 1 aromatic heterocycles. The minimum absolute atomic E-state index is 0.155. The summed E-state index contributed by atoms with van der Waals surface area (Å²) in [6.07, 6.45) is 3.41. The van der Waals surface area contributed by atoms with Gasteiger partial charge >= 0.3 is 0 Å². The van der Waals surface area contributed by atoms with Crippen molar-refractivity contribution in [1.29, 1.82) is 0 Å². The van der Waals surface area contributed by atoms with Crippen LogP contribution in [-0.2, 0) is 5.41 Å². The maximum atomic E-state index is 2.48. The Morgan fingerprint density at radius 1 is 1.11 bits per heavy atom. The standard InChI is InChI=1S/C17H18N/c1-4-14-11-7-5-8-12-15(11)16-13(17(12,2)3)9-6-10-18(14)16/h5-10,14H,4H2,1-3H3/q+1. The Balaban J connectivity index is 2.20. The summed E-state index contributed by atoms with van der Waals surface area (Å²) < 4.78 is 2.48. The zero-order valence-electron chi connectivity index (χ0n) is 11.2. The summed E-state index contributed by atoms with van der Waals surface area (Å²) in [7, 11) is 0. The highest BCUT2D eigenvalue weighted by atomic mass is 15.0. The lowest BCUT2D eigenvalue weighted by Crippen LogP contribution is -2.38. The highest BCUT2D eigenvalue weighted by Gasteiger charge is 2.48. The molecule has 18 heavy (non-hydrogen) atoms. The van der Waals surface area contributed by atoms with Crippen LogP contribution >= 0.6 is 0 Å². The molecule has 2 aromatic rings. The third kappa shape index (κ3) is 0.937. The molecule has 2 aliphatic rings. The normalized spacial score (nSPS) is 21.2. The Bertz CT molecular complexity index is 612. The van der Waals surface area contributed by atoms with E-state index < -0.39 is 0 Å². The van der Waals surface area contributed by atoms with Gasteiger partial charge in [-0.25, -0.2) is 0 Å². The predicted octanol–water partition coefficient (Wildman–Crippen LogP) is 3.59. The average Bonchev–Trinajstić information content (AvgIpc) is 2.82. The van der Waals surface area contributed by atoms with Crippen LogP contribution in [0.3, 0.4) is 0 Å². The molecule has 1 nitrogen and oxygen atoms in total. The van der Waals surface area contributed by atoms with Gasteiger partial charge < -0.3 is 0 Å². The summed E-state index contributed by atoms with van der Waals surface area (Å²) in [6, 6.07) is 11.9. The molecular formula is C17H18N+. The van der Waals surface area contributed by atoms with Crippen LogP contribution in [0.2, 0.25) is 0 Å². The van der Waals surface area contributed by atoms with Crippen molar-refractivity contribution in [2.24, 2.45) is 0 Å². The summed E-state index contributed by atoms with van der Waals surface area (Å²) in [5.41, 5.74) is 7.66. The minimum Gasteiger partial charge on any atom is -0.191 e. The van der Waals surface area contributed by atoms with E-state index in [1.54, 1.807) is 0 Å². The van der Waals surface area contributed by atoms with Gasteiger partial charge in [-0.3, -0.25) is 0 Å². The molecule has 1 atom stereocenters. The second-order valence-electron chi connectivity index (χ2n) is 6.00. The van der Waals surface area contributed by atoms with Gasteiger partial charge in [0.2, 0.25) is 5.69 Å². The molecule has 1 heteroatoms. The lowest BCUT2D eigenvalue weighted by atomic mass is 9.81. The fourth-order valence-corrected chi connectivity index (χ4v) is 3.90. The summed E-state index contributed by atoms with van der Waals surface area (Å²) >= 11 is 0. The first-order valence-electron chi connectivity index (χ1n) is 6.84. The van der Waals surface area contributed by atoms with Crippen LogP contribution in [0.25, 0.3) is 11.3 Å². The SMILES string of the molecule is CCC1c2cccc3c2-c2c(ccc[n+]21)C3(C)C. The maximum Gasteiger partial charge on any atom is 0.217 e. The Labute approximate surface area is 108 Å². The fraction of sp³-hybridized carbons (Fsp3) is 0.353. The van der Waals surface area contributed by atoms with Gasteiger partial charge in [0.1, 0.15) is 0 Å². The number of benzene rings is 1. The monoisotopic (exact) mass is 236 g/mol. The first-order chi connectivity index (χ1) is 8.66. The molecule has 2 heterocycles. The summed E-state index contributed by atoms with van der Waals surface area (Å²) in [5, 5.41) is 0. The summed E-state index contributed by atoms with van der Waals surface area (Å²) in [5.74, 6) is 0. The smallest absolute Gasteiger partial charge is 0.191 e. The van der Waals surface area contributed by atoms with E-state index in [-0.39, 0.29) is 5.41 Å². The van der Waals surface area contributed by atoms with Gasteiger partial charge in [-0.15, -0.1) is 0 Å². The maximum absolute atomic E-state index is 2.48. The highest BCUT2D eigenvalue weighted by Crippen LogP contribution is 2.52. The third-order valence-corrected chi connectivity index (χ3v) is 4.78. The quantitative estimate of drug-likeness (QED) is 0.666. The predicted molar refractivity (Wildman–Crippen MR) is 72.6 cm³/mol. The van der Waals surface area contributed by atoms with Crippen molar-refractivity contribution in [2.75, 3.05) is 0 Å². The first-order valence-corrected chi connectivity index (χ1v) is 6.84. The first kappa shape index (κ1) is 10.3. The van der Waals surface area contributed by atoms with E-state index in [1.807, 2.05) is 0 Å². The number of aromatic nitrogens is 1. The molecule has 0 bridgehead atoms. The summed E-state index contributed by atoms with van der Waals surface area (Å²) in [6.45, 7) is 6.97. The van der Waals surface area contributed by atoms with Crippen molar-refractivity contribution in [1.82, 2.24) is 0 Å². The molecule has 0 amide bonds. The van der Waals surface area contributed by atoms with Crippen LogP contribution in [0, 0.1) is 0 Å². The lowest BCUT2D eigenvalue weighted by Gasteiger charge is -2.21. The average molecular weight is 236 g/mol. The molecule has 0 fully saturated rings. The van der Waals surface area contributed by atoms with Crippen LogP contribution in [0.1, 0.15) is 49.9 Å². The van der Waals surface area contributed by atoms with E-state index in [0.717, 1.165) is 6.42 Å². The Morgan fingerprint density at radius 2 is 1.89 bits per heavy atom. The van der Waals surface area contributed by atoms with Crippen molar-refractivity contribution in [3.63, 3.8) is 0 Å². The highest BCUT2D eigenvalue weighted by molar-refractivity contribution is 5.80. The Hall–Kier alpha value is -1.63. The molecular weight excluding hydrogens is 218 g/mol. The van der Waals surface area contributed by atoms with Crippen LogP contribution in [-0.4, -0.2) is 0 Å². The molecule has 1 aliphatic carbocycles. The lowest BCUT2D eigenvalue weighted by molar-refractivity contribution is -0.698. The Morgan fingerprint density at radius 3 is 2.67 bits per heavy atom. The topological polar surface area (TPSA) is 3.88 Å². The molecule has 0 N–H and O–H groups in total. The van der Waals surface area contributed by atoms with Crippen molar-refractivity contribution in [2.45, 2.75) is 38.6 Å². The number of nitrogens with zero attached hydrogens (tertiary/aromatic N) is 1. The summed E-state index contributed by atoms with van der Waals surface area (Å²) in [4.78, 5) is 0. The van der Waals surface area contributed by atoms with E-state index >= 15 is 0 Å². The molecule has 0 spiro atoms. The molecule has 0 radical (unpaired) electrons. The van der Waals surface area contributed by atoms with Crippen LogP contribution in [0.15, 0.2) is 36.5 Å². The molecule has 0 saturated carbocycles. The van der Waals surface area contributed by atoms with E-state index in [4.69, 9.17) is 0 Å². The van der Waals surface area contributed by atoms with Gasteiger partial charge in [0.15, 0.2) is 12.2 Å². The van der Waals surface area contributed by atoms with Crippen molar-refractivity contribution in [3.05, 3.63) is 53.2 Å². The van der Waals surface area contributed by atoms with Gasteiger partial charge in [0.25, 0.3) is 0 Å². The second kappa shape index (κ2) is 3.03. The molecule has 4 rings (SSSR count). The van der Waals surface area contributed by atoms with Gasteiger partial charge in [-0.2, -0.15) is 4.57 Å². The van der Waals surface area contributed by atoms with E-state index in [1.165, 1.54) is 27.9 Å². The van der Waals surface area contributed by atoms with Crippen molar-refractivity contribution < 1.29 is 4.57 Å². The number of pyridine rings is 1. The molecule has 0 saturated heterocycles. The zero-order chi connectivity index (χ0) is 12.5. The van der Waals surface area contributed by atoms with Crippen molar-refractivity contribution >= 4 is 0 Å². The van der Waals surface area contributed by atoms with Gasteiger partial charge in [-0.1, -0.05) is 39.0 Å². The number of hydrogen-bond donors (Lipinski definition) is 0. The van der Waals surface area contributed by atoms with E-state index in [2.05, 4.69) is 61.9 Å². The van der Waals surface area contributed by atoms with Crippen molar-refractivity contribution in [3.8, 4) is 11.3 Å². The van der Waals surface area contributed by atoms with Crippen LogP contribution in [0.4, 0.5) is 0 Å². The Kier molecular flexibility index (Phi) is 1.73. The minimum atomic E-state index is 0.155. The molecule has 90 valence electrons. The third-order valence-electron chi connectivity index (χ3n) is 4.78. The molecule has 1 unspecified atom stereocenters. The number of hydrogen-bond acceptors (Lipinski definition) is 0. The van der Waals surface area contributed by atoms with Gasteiger partial charge in [0.05, 0.1) is 5.56 Å². The largest absolute Gasteiger partial charge is 0.217 e. The van der Waals surface area contributed by atoms with Gasteiger partial charge in [0, 0.05) is 29.0 Å². The van der Waals surface area contributed by atoms with E-state index in [9.17, 15) is 0 Å².